The topological polar surface area (TPSA) is 101 Å². The van der Waals surface area contributed by atoms with E-state index in [1.54, 1.807) is 12.1 Å². The second-order valence-electron chi connectivity index (χ2n) is 6.46. The third-order valence-electron chi connectivity index (χ3n) is 4.44. The molecule has 3 rings (SSSR count). The van der Waals surface area contributed by atoms with Crippen molar-refractivity contribution in [2.45, 2.75) is 19.3 Å². The van der Waals surface area contributed by atoms with Crippen molar-refractivity contribution >= 4 is 35.8 Å². The molecule has 2 aromatic carbocycles. The lowest BCUT2D eigenvalue weighted by Gasteiger charge is -2.08. The SMILES string of the molecule is Cl.Nc1ccc(CCNC(=O)c2ccc(CC3CC(=O)NC3=O)cc2)cc1. The summed E-state index contributed by atoms with van der Waals surface area (Å²) in [5.41, 5.74) is 8.98. The number of nitrogens with two attached hydrogens (primary N) is 1. The number of imide groups is 1. The maximum absolute atomic E-state index is 12.2. The molecule has 1 saturated heterocycles. The minimum absolute atomic E-state index is 0. The van der Waals surface area contributed by atoms with Gasteiger partial charge in [0.1, 0.15) is 0 Å². The molecule has 6 nitrogen and oxygen atoms in total. The molecule has 1 aliphatic heterocycles. The predicted octanol–water partition coefficient (Wildman–Crippen LogP) is 1.87. The molecule has 2 aromatic rings. The maximum Gasteiger partial charge on any atom is 0.251 e. The molecule has 4 N–H and O–H groups in total. The van der Waals surface area contributed by atoms with Crippen LogP contribution < -0.4 is 16.4 Å². The summed E-state index contributed by atoms with van der Waals surface area (Å²) < 4.78 is 0. The summed E-state index contributed by atoms with van der Waals surface area (Å²) in [7, 11) is 0. The summed E-state index contributed by atoms with van der Waals surface area (Å²) in [5.74, 6) is -0.903. The van der Waals surface area contributed by atoms with Crippen molar-refractivity contribution < 1.29 is 14.4 Å². The summed E-state index contributed by atoms with van der Waals surface area (Å²) in [6.07, 6.45) is 1.46. The standard InChI is InChI=1S/C20H21N3O3.ClH/c21-17-7-3-13(4-8-17)9-10-22-19(25)15-5-1-14(2-6-15)11-16-12-18(24)23-20(16)26;/h1-8,16H,9-12,21H2,(H,22,25)(H,23,24,26);1H. The number of rotatable bonds is 6. The van der Waals surface area contributed by atoms with E-state index in [9.17, 15) is 14.4 Å². The highest BCUT2D eigenvalue weighted by Crippen LogP contribution is 2.17. The molecule has 1 fully saturated rings. The zero-order valence-electron chi connectivity index (χ0n) is 14.7. The molecular weight excluding hydrogens is 366 g/mol. The van der Waals surface area contributed by atoms with Gasteiger partial charge in [0.25, 0.3) is 5.91 Å². The fraction of sp³-hybridized carbons (Fsp3) is 0.250. The molecule has 0 spiro atoms. The minimum atomic E-state index is -0.318. The van der Waals surface area contributed by atoms with Gasteiger partial charge in [0, 0.05) is 24.2 Å². The molecule has 7 heteroatoms. The van der Waals surface area contributed by atoms with Gasteiger partial charge in [-0.3, -0.25) is 19.7 Å². The van der Waals surface area contributed by atoms with Gasteiger partial charge in [0.05, 0.1) is 5.92 Å². The highest BCUT2D eigenvalue weighted by Gasteiger charge is 2.30. The number of benzene rings is 2. The molecule has 0 bridgehead atoms. The van der Waals surface area contributed by atoms with Crippen LogP contribution in [0.1, 0.15) is 27.9 Å². The Morgan fingerprint density at radius 2 is 1.67 bits per heavy atom. The Labute approximate surface area is 163 Å². The first-order valence-electron chi connectivity index (χ1n) is 8.56. The number of hydrogen-bond acceptors (Lipinski definition) is 4. The summed E-state index contributed by atoms with van der Waals surface area (Å²) in [5, 5.41) is 5.20. The molecule has 142 valence electrons. The van der Waals surface area contributed by atoms with E-state index < -0.39 is 0 Å². The van der Waals surface area contributed by atoms with E-state index in [4.69, 9.17) is 5.73 Å². The third kappa shape index (κ3) is 5.56. The smallest absolute Gasteiger partial charge is 0.251 e. The number of halogens is 1. The molecular formula is C20H22ClN3O3. The Balaban J connectivity index is 0.00000261. The van der Waals surface area contributed by atoms with Crippen molar-refractivity contribution in [1.29, 1.82) is 0 Å². The quantitative estimate of drug-likeness (QED) is 0.520. The average Bonchev–Trinajstić information content (AvgIpc) is 2.94. The molecule has 3 amide bonds. The van der Waals surface area contributed by atoms with Crippen molar-refractivity contribution in [2.24, 2.45) is 5.92 Å². The predicted molar refractivity (Wildman–Crippen MR) is 106 cm³/mol. The summed E-state index contributed by atoms with van der Waals surface area (Å²) in [4.78, 5) is 35.0. The molecule has 0 saturated carbocycles. The van der Waals surface area contributed by atoms with E-state index in [0.29, 0.717) is 18.5 Å². The van der Waals surface area contributed by atoms with Crippen LogP contribution in [0.25, 0.3) is 0 Å². The number of anilines is 1. The molecule has 1 heterocycles. The molecule has 0 aromatic heterocycles. The fourth-order valence-electron chi connectivity index (χ4n) is 2.96. The van der Waals surface area contributed by atoms with Crippen LogP contribution in [0.3, 0.4) is 0 Å². The van der Waals surface area contributed by atoms with E-state index >= 15 is 0 Å². The molecule has 0 radical (unpaired) electrons. The average molecular weight is 388 g/mol. The molecule has 0 aliphatic carbocycles. The van der Waals surface area contributed by atoms with Gasteiger partial charge < -0.3 is 11.1 Å². The molecule has 1 atom stereocenters. The monoisotopic (exact) mass is 387 g/mol. The summed E-state index contributed by atoms with van der Waals surface area (Å²) in [6.45, 7) is 0.537. The van der Waals surface area contributed by atoms with E-state index in [0.717, 1.165) is 23.2 Å². The number of hydrogen-bond donors (Lipinski definition) is 3. The van der Waals surface area contributed by atoms with Crippen LogP contribution in [0.5, 0.6) is 0 Å². The van der Waals surface area contributed by atoms with Gasteiger partial charge in [-0.1, -0.05) is 24.3 Å². The van der Waals surface area contributed by atoms with E-state index in [-0.39, 0.29) is 42.5 Å². The number of amides is 3. The van der Waals surface area contributed by atoms with E-state index in [1.807, 2.05) is 36.4 Å². The first-order valence-corrected chi connectivity index (χ1v) is 8.56. The Hall–Kier alpha value is -2.86. The largest absolute Gasteiger partial charge is 0.399 e. The third-order valence-corrected chi connectivity index (χ3v) is 4.44. The fourth-order valence-corrected chi connectivity index (χ4v) is 2.96. The number of nitrogens with one attached hydrogen (secondary N) is 2. The zero-order valence-corrected chi connectivity index (χ0v) is 15.6. The van der Waals surface area contributed by atoms with Crippen LogP contribution in [0, 0.1) is 5.92 Å². The second kappa shape index (κ2) is 9.19. The van der Waals surface area contributed by atoms with E-state index in [2.05, 4.69) is 10.6 Å². The Kier molecular flexibility index (Phi) is 6.96. The lowest BCUT2D eigenvalue weighted by atomic mass is 9.97. The molecule has 27 heavy (non-hydrogen) atoms. The van der Waals surface area contributed by atoms with Crippen molar-refractivity contribution in [3.63, 3.8) is 0 Å². The van der Waals surface area contributed by atoms with Gasteiger partial charge in [-0.2, -0.15) is 0 Å². The van der Waals surface area contributed by atoms with Gasteiger partial charge in [-0.15, -0.1) is 12.4 Å². The number of carbonyl (C=O) groups is 3. The van der Waals surface area contributed by atoms with Gasteiger partial charge in [0.15, 0.2) is 0 Å². The molecule has 1 aliphatic rings. The van der Waals surface area contributed by atoms with Crippen molar-refractivity contribution in [3.8, 4) is 0 Å². The first-order chi connectivity index (χ1) is 12.5. The van der Waals surface area contributed by atoms with Crippen LogP contribution in [-0.4, -0.2) is 24.3 Å². The van der Waals surface area contributed by atoms with Crippen molar-refractivity contribution in [1.82, 2.24) is 10.6 Å². The lowest BCUT2D eigenvalue weighted by molar-refractivity contribution is -0.125. The van der Waals surface area contributed by atoms with Crippen LogP contribution >= 0.6 is 12.4 Å². The van der Waals surface area contributed by atoms with Crippen LogP contribution in [0.15, 0.2) is 48.5 Å². The highest BCUT2D eigenvalue weighted by molar-refractivity contribution is 6.03. The van der Waals surface area contributed by atoms with Crippen LogP contribution in [-0.2, 0) is 22.4 Å². The van der Waals surface area contributed by atoms with Gasteiger partial charge in [-0.25, -0.2) is 0 Å². The highest BCUT2D eigenvalue weighted by atomic mass is 35.5. The van der Waals surface area contributed by atoms with Gasteiger partial charge >= 0.3 is 0 Å². The Morgan fingerprint density at radius 3 is 2.26 bits per heavy atom. The van der Waals surface area contributed by atoms with Crippen LogP contribution in [0.2, 0.25) is 0 Å². The Bertz CT molecular complexity index is 819. The molecule has 1 unspecified atom stereocenters. The summed E-state index contributed by atoms with van der Waals surface area (Å²) in [6, 6.07) is 14.7. The lowest BCUT2D eigenvalue weighted by Crippen LogP contribution is -2.25. The van der Waals surface area contributed by atoms with Crippen LogP contribution in [0.4, 0.5) is 5.69 Å². The van der Waals surface area contributed by atoms with Gasteiger partial charge in [-0.05, 0) is 48.2 Å². The van der Waals surface area contributed by atoms with E-state index in [1.165, 1.54) is 0 Å². The number of carbonyl (C=O) groups excluding carboxylic acids is 3. The minimum Gasteiger partial charge on any atom is -0.399 e. The normalized spacial score (nSPS) is 15.8. The summed E-state index contributed by atoms with van der Waals surface area (Å²) >= 11 is 0. The second-order valence-corrected chi connectivity index (χ2v) is 6.46. The maximum atomic E-state index is 12.2. The number of nitrogen functional groups attached to an aromatic ring is 1. The Morgan fingerprint density at radius 1 is 1.04 bits per heavy atom. The zero-order chi connectivity index (χ0) is 18.5. The van der Waals surface area contributed by atoms with Crippen molar-refractivity contribution in [3.05, 3.63) is 65.2 Å². The first kappa shape index (κ1) is 20.5. The van der Waals surface area contributed by atoms with Gasteiger partial charge in [0.2, 0.25) is 11.8 Å². The van der Waals surface area contributed by atoms with Crippen molar-refractivity contribution in [2.75, 3.05) is 12.3 Å².